The molecule has 10 atom stereocenters. The van der Waals surface area contributed by atoms with Gasteiger partial charge in [0.1, 0.15) is 17.1 Å². The molecule has 10 unspecified atom stereocenters. The summed E-state index contributed by atoms with van der Waals surface area (Å²) in [5.41, 5.74) is -1.41. The number of Topliss-reactive ketones (excluding diaryl/α,β-unsaturated/α-hetero) is 2. The van der Waals surface area contributed by atoms with Crippen LogP contribution in [0.2, 0.25) is 0 Å². The normalized spacial score (nSPS) is 31.2. The van der Waals surface area contributed by atoms with Crippen molar-refractivity contribution in [1.29, 1.82) is 0 Å². The fraction of sp³-hybridized carbons (Fsp3) is 0.750. The molecule has 3 rings (SSSR count). The molecule has 2 heterocycles. The Balaban J connectivity index is 1.63. The molecule has 2 aliphatic rings. The van der Waals surface area contributed by atoms with Gasteiger partial charge >= 0.3 is 5.97 Å². The molecule has 1 aromatic carbocycles. The molecule has 2 fully saturated rings. The zero-order chi connectivity index (χ0) is 33.9. The Kier molecular flexibility index (Phi) is 12.4. The Morgan fingerprint density at radius 3 is 2.31 bits per heavy atom. The standard InChI is InChI=1S/C36H56O9/c1-9-25(33-22(6)19-36(11-3,45-33)28-17-18-35(43,10-2)24(8)44-28)32(40)23(7)30(38)20(4)13-12-14-27(37)26-16-15-21(5)31(39)29(26)34(41)42/h15-16,20,22-25,28,30,33,38-39,43H,9-14,17-19H2,1-8H3,(H,41,42). The van der Waals surface area contributed by atoms with Gasteiger partial charge in [-0.25, -0.2) is 4.79 Å². The van der Waals surface area contributed by atoms with Gasteiger partial charge in [0.05, 0.1) is 35.6 Å². The van der Waals surface area contributed by atoms with Crippen LogP contribution in [0.4, 0.5) is 0 Å². The van der Waals surface area contributed by atoms with Crippen LogP contribution in [-0.2, 0) is 14.3 Å². The number of aryl methyl sites for hydroxylation is 1. The smallest absolute Gasteiger partial charge is 0.340 e. The second kappa shape index (κ2) is 15.1. The number of ether oxygens (including phenoxy) is 2. The van der Waals surface area contributed by atoms with E-state index < -0.39 is 34.9 Å². The number of rotatable bonds is 15. The van der Waals surface area contributed by atoms with Gasteiger partial charge in [-0.1, -0.05) is 47.6 Å². The Hall–Kier alpha value is -2.33. The van der Waals surface area contributed by atoms with Crippen LogP contribution in [0.3, 0.4) is 0 Å². The number of aromatic hydroxyl groups is 1. The molecule has 2 saturated heterocycles. The van der Waals surface area contributed by atoms with Gasteiger partial charge in [0.25, 0.3) is 0 Å². The third kappa shape index (κ3) is 7.64. The molecule has 1 aromatic rings. The summed E-state index contributed by atoms with van der Waals surface area (Å²) in [6.07, 6.45) is 3.32. The van der Waals surface area contributed by atoms with Crippen molar-refractivity contribution in [2.45, 2.75) is 149 Å². The lowest BCUT2D eigenvalue weighted by molar-refractivity contribution is -0.229. The van der Waals surface area contributed by atoms with Gasteiger partial charge in [0.2, 0.25) is 0 Å². The van der Waals surface area contributed by atoms with Gasteiger partial charge < -0.3 is 29.9 Å². The van der Waals surface area contributed by atoms with E-state index >= 15 is 0 Å². The highest BCUT2D eigenvalue weighted by atomic mass is 16.6. The van der Waals surface area contributed by atoms with Gasteiger partial charge in [-0.05, 0) is 88.7 Å². The first-order valence-corrected chi connectivity index (χ1v) is 16.9. The average molecular weight is 633 g/mol. The van der Waals surface area contributed by atoms with Gasteiger partial charge in [-0.2, -0.15) is 0 Å². The summed E-state index contributed by atoms with van der Waals surface area (Å²) in [5.74, 6) is -3.35. The Labute approximate surface area is 268 Å². The summed E-state index contributed by atoms with van der Waals surface area (Å²) in [5, 5.41) is 41.9. The second-order valence-corrected chi connectivity index (χ2v) is 13.9. The maximum absolute atomic E-state index is 13.9. The van der Waals surface area contributed by atoms with Gasteiger partial charge in [-0.15, -0.1) is 0 Å². The van der Waals surface area contributed by atoms with Crippen LogP contribution in [0.15, 0.2) is 12.1 Å². The van der Waals surface area contributed by atoms with Crippen LogP contribution in [0.1, 0.15) is 133 Å². The summed E-state index contributed by atoms with van der Waals surface area (Å²) < 4.78 is 13.2. The van der Waals surface area contributed by atoms with Crippen molar-refractivity contribution in [3.63, 3.8) is 0 Å². The molecular formula is C36H56O9. The molecule has 0 amide bonds. The summed E-state index contributed by atoms with van der Waals surface area (Å²) in [6, 6.07) is 2.95. The first-order valence-electron chi connectivity index (χ1n) is 16.9. The fourth-order valence-corrected chi connectivity index (χ4v) is 7.74. The number of carbonyl (C=O) groups is 3. The molecule has 0 bridgehead atoms. The van der Waals surface area contributed by atoms with E-state index in [9.17, 15) is 34.8 Å². The molecule has 0 radical (unpaired) electrons. The quantitative estimate of drug-likeness (QED) is 0.164. The highest BCUT2D eigenvalue weighted by Gasteiger charge is 2.55. The topological polar surface area (TPSA) is 151 Å². The summed E-state index contributed by atoms with van der Waals surface area (Å²) in [4.78, 5) is 38.4. The molecule has 45 heavy (non-hydrogen) atoms. The lowest BCUT2D eigenvalue weighted by atomic mass is 9.76. The highest BCUT2D eigenvalue weighted by molar-refractivity contribution is 6.07. The minimum absolute atomic E-state index is 0.0313. The molecule has 0 spiro atoms. The molecule has 2 aliphatic heterocycles. The van der Waals surface area contributed by atoms with Crippen LogP contribution < -0.4 is 0 Å². The van der Waals surface area contributed by atoms with E-state index in [1.807, 2.05) is 27.7 Å². The molecule has 9 nitrogen and oxygen atoms in total. The van der Waals surface area contributed by atoms with E-state index in [0.717, 1.165) is 12.8 Å². The lowest BCUT2D eigenvalue weighted by Crippen LogP contribution is -2.55. The molecule has 0 saturated carbocycles. The van der Waals surface area contributed by atoms with E-state index in [1.54, 1.807) is 13.8 Å². The lowest BCUT2D eigenvalue weighted by Gasteiger charge is -2.47. The van der Waals surface area contributed by atoms with Crippen molar-refractivity contribution in [1.82, 2.24) is 0 Å². The Bertz CT molecular complexity index is 1210. The minimum atomic E-state index is -1.36. The number of aromatic carboxylic acids is 1. The van der Waals surface area contributed by atoms with Crippen LogP contribution >= 0.6 is 0 Å². The first-order chi connectivity index (χ1) is 21.1. The fourth-order valence-electron chi connectivity index (χ4n) is 7.74. The predicted molar refractivity (Wildman–Crippen MR) is 172 cm³/mol. The highest BCUT2D eigenvalue weighted by Crippen LogP contribution is 2.48. The van der Waals surface area contributed by atoms with Crippen LogP contribution in [-0.4, -0.2) is 73.6 Å². The summed E-state index contributed by atoms with van der Waals surface area (Å²) in [7, 11) is 0. The molecule has 9 heteroatoms. The number of carboxylic acid groups (broad SMARTS) is 1. The zero-order valence-electron chi connectivity index (χ0n) is 28.5. The number of hydrogen-bond donors (Lipinski definition) is 4. The monoisotopic (exact) mass is 632 g/mol. The van der Waals surface area contributed by atoms with Gasteiger partial charge in [-0.3, -0.25) is 9.59 Å². The maximum atomic E-state index is 13.9. The Morgan fingerprint density at radius 2 is 1.76 bits per heavy atom. The number of phenols is 1. The zero-order valence-corrected chi connectivity index (χ0v) is 28.5. The first kappa shape index (κ1) is 37.1. The van der Waals surface area contributed by atoms with E-state index in [-0.39, 0.29) is 65.2 Å². The number of benzene rings is 1. The summed E-state index contributed by atoms with van der Waals surface area (Å²) >= 11 is 0. The number of aliphatic hydroxyl groups excluding tert-OH is 1. The SMILES string of the molecule is CCC(C(=O)C(C)C(O)C(C)CCCC(=O)c1ccc(C)c(O)c1C(=O)O)C1OC(CC)(C2CCC(O)(CC)C(C)O2)CC1C. The number of carbonyl (C=O) groups excluding carboxylic acids is 2. The minimum Gasteiger partial charge on any atom is -0.507 e. The van der Waals surface area contributed by atoms with E-state index in [2.05, 4.69) is 13.8 Å². The number of carboxylic acids is 1. The number of aliphatic hydroxyl groups is 2. The average Bonchev–Trinajstić information content (AvgIpc) is 3.35. The third-order valence-electron chi connectivity index (χ3n) is 11.1. The Morgan fingerprint density at radius 1 is 1.09 bits per heavy atom. The second-order valence-electron chi connectivity index (χ2n) is 13.9. The summed E-state index contributed by atoms with van der Waals surface area (Å²) in [6.45, 7) is 15.3. The van der Waals surface area contributed by atoms with Crippen molar-refractivity contribution in [3.8, 4) is 5.75 Å². The van der Waals surface area contributed by atoms with E-state index in [1.165, 1.54) is 12.1 Å². The van der Waals surface area contributed by atoms with Crippen LogP contribution in [0.5, 0.6) is 5.75 Å². The van der Waals surface area contributed by atoms with Crippen molar-refractivity contribution in [3.05, 3.63) is 28.8 Å². The predicted octanol–water partition coefficient (Wildman–Crippen LogP) is 6.26. The molecule has 4 N–H and O–H groups in total. The van der Waals surface area contributed by atoms with Crippen molar-refractivity contribution < 1.29 is 44.3 Å². The van der Waals surface area contributed by atoms with Crippen molar-refractivity contribution >= 4 is 17.5 Å². The largest absolute Gasteiger partial charge is 0.507 e. The van der Waals surface area contributed by atoms with E-state index in [0.29, 0.717) is 44.1 Å². The molecule has 254 valence electrons. The maximum Gasteiger partial charge on any atom is 0.340 e. The number of hydrogen-bond acceptors (Lipinski definition) is 8. The van der Waals surface area contributed by atoms with Crippen molar-refractivity contribution in [2.75, 3.05) is 0 Å². The van der Waals surface area contributed by atoms with Crippen molar-refractivity contribution in [2.24, 2.45) is 23.7 Å². The van der Waals surface area contributed by atoms with Gasteiger partial charge in [0.15, 0.2) is 5.78 Å². The third-order valence-corrected chi connectivity index (χ3v) is 11.1. The molecule has 0 aromatic heterocycles. The van der Waals surface area contributed by atoms with E-state index in [4.69, 9.17) is 9.47 Å². The molecular weight excluding hydrogens is 576 g/mol. The number of ketones is 2. The molecule has 0 aliphatic carbocycles. The van der Waals surface area contributed by atoms with Gasteiger partial charge in [0, 0.05) is 23.8 Å². The van der Waals surface area contributed by atoms with Crippen LogP contribution in [0.25, 0.3) is 0 Å². The van der Waals surface area contributed by atoms with Crippen LogP contribution in [0, 0.1) is 30.6 Å².